The minimum Gasteiger partial charge on any atom is -0.481 e. The van der Waals surface area contributed by atoms with Gasteiger partial charge in [-0.15, -0.1) is 0 Å². The molecule has 0 spiro atoms. The van der Waals surface area contributed by atoms with Crippen LogP contribution in [0.25, 0.3) is 0 Å². The average molecular weight is 284 g/mol. The van der Waals surface area contributed by atoms with Gasteiger partial charge in [0.15, 0.2) is 0 Å². The normalized spacial score (nSPS) is 13.7. The Labute approximate surface area is 128 Å². The van der Waals surface area contributed by atoms with Gasteiger partial charge in [0.05, 0.1) is 2.74 Å². The molecule has 0 radical (unpaired) electrons. The molecule has 0 aromatic heterocycles. The summed E-state index contributed by atoms with van der Waals surface area (Å²) >= 11 is 0. The first-order valence-electron chi connectivity index (χ1n) is 9.45. The van der Waals surface area contributed by atoms with Crippen LogP contribution in [0, 0.1) is 0 Å². The van der Waals surface area contributed by atoms with Crippen molar-refractivity contribution in [3.63, 3.8) is 0 Å². The van der Waals surface area contributed by atoms with Crippen molar-refractivity contribution in [1.29, 1.82) is 0 Å². The lowest BCUT2D eigenvalue weighted by Crippen LogP contribution is -1.93. The lowest BCUT2D eigenvalue weighted by molar-refractivity contribution is -0.137. The minimum absolute atomic E-state index is 0.263. The van der Waals surface area contributed by atoms with E-state index in [0.29, 0.717) is 18.5 Å². The number of hydrogen-bond donors (Lipinski definition) is 1. The van der Waals surface area contributed by atoms with Gasteiger partial charge in [-0.05, 0) is 32.1 Å². The van der Waals surface area contributed by atoms with Crippen LogP contribution in [0.2, 0.25) is 0 Å². The van der Waals surface area contributed by atoms with Crippen molar-refractivity contribution in [2.75, 3.05) is 0 Å². The molecule has 0 rings (SSSR count). The third kappa shape index (κ3) is 17.2. The first-order chi connectivity index (χ1) is 10.6. The summed E-state index contributed by atoms with van der Waals surface area (Å²) < 4.78 is 15.8. The molecular weight excluding hydrogens is 248 g/mol. The summed E-state index contributed by atoms with van der Waals surface area (Å²) in [4.78, 5) is 10.4. The first-order valence-corrected chi connectivity index (χ1v) is 8.45. The van der Waals surface area contributed by atoms with E-state index >= 15 is 0 Å². The van der Waals surface area contributed by atoms with Gasteiger partial charge in [0.25, 0.3) is 0 Å². The molecule has 0 aromatic carbocycles. The van der Waals surface area contributed by atoms with Crippen LogP contribution < -0.4 is 0 Å². The van der Waals surface area contributed by atoms with E-state index in [0.717, 1.165) is 44.9 Å². The van der Waals surface area contributed by atoms with Gasteiger partial charge in [0.1, 0.15) is 0 Å². The van der Waals surface area contributed by atoms with Crippen LogP contribution in [0.4, 0.5) is 0 Å². The zero-order valence-corrected chi connectivity index (χ0v) is 13.3. The van der Waals surface area contributed by atoms with Crippen LogP contribution in [0.15, 0.2) is 12.1 Å². The Hall–Kier alpha value is -0.790. The molecule has 0 heterocycles. The fourth-order valence-corrected chi connectivity index (χ4v) is 2.19. The summed E-state index contributed by atoms with van der Waals surface area (Å²) in [5, 5.41) is 8.53. The zero-order valence-electron chi connectivity index (χ0n) is 15.3. The highest BCUT2D eigenvalue weighted by atomic mass is 16.4. The van der Waals surface area contributed by atoms with Gasteiger partial charge >= 0.3 is 5.97 Å². The van der Waals surface area contributed by atoms with Crippen LogP contribution in [0.3, 0.4) is 0 Å². The molecule has 20 heavy (non-hydrogen) atoms. The number of unbranched alkanes of at least 4 members (excludes halogenated alkanes) is 9. The summed E-state index contributed by atoms with van der Waals surface area (Å²) in [6.07, 6.45) is 13.8. The van der Waals surface area contributed by atoms with E-state index in [9.17, 15) is 4.79 Å². The molecule has 0 saturated heterocycles. The van der Waals surface area contributed by atoms with E-state index < -0.39 is 5.97 Å². The summed E-state index contributed by atoms with van der Waals surface area (Å²) in [6.45, 7) is 2.21. The monoisotopic (exact) mass is 284 g/mol. The lowest BCUT2D eigenvalue weighted by Gasteiger charge is -1.99. The van der Waals surface area contributed by atoms with Crippen LogP contribution >= 0.6 is 0 Å². The maximum Gasteiger partial charge on any atom is 0.303 e. The fourth-order valence-electron chi connectivity index (χ4n) is 2.19. The summed E-state index contributed by atoms with van der Waals surface area (Å²) in [7, 11) is 0. The molecule has 0 bridgehead atoms. The number of carbonyl (C=O) groups is 1. The Morgan fingerprint density at radius 1 is 0.850 bits per heavy atom. The highest BCUT2D eigenvalue weighted by Crippen LogP contribution is 2.09. The fraction of sp³-hybridized carbons (Fsp3) is 0.833. The minimum atomic E-state index is -0.718. The van der Waals surface area contributed by atoms with E-state index in [2.05, 4.69) is 6.92 Å². The smallest absolute Gasteiger partial charge is 0.303 e. The Morgan fingerprint density at radius 3 is 1.80 bits per heavy atom. The molecule has 0 saturated carbocycles. The Bertz CT molecular complexity index is 314. The van der Waals surface area contributed by atoms with Crippen molar-refractivity contribution < 1.29 is 12.6 Å². The molecule has 0 fully saturated rings. The van der Waals surface area contributed by atoms with E-state index in [4.69, 9.17) is 7.85 Å². The van der Waals surface area contributed by atoms with Gasteiger partial charge in [-0.25, -0.2) is 0 Å². The van der Waals surface area contributed by atoms with Gasteiger partial charge in [-0.2, -0.15) is 0 Å². The third-order valence-electron chi connectivity index (χ3n) is 3.47. The molecule has 0 aliphatic rings. The second kappa shape index (κ2) is 16.3. The Morgan fingerprint density at radius 2 is 1.30 bits per heavy atom. The highest BCUT2D eigenvalue weighted by Gasteiger charge is 1.95. The van der Waals surface area contributed by atoms with Crippen molar-refractivity contribution in [2.45, 2.75) is 96.8 Å². The van der Waals surface area contributed by atoms with E-state index in [1.54, 1.807) is 0 Å². The molecule has 0 unspecified atom stereocenters. The average Bonchev–Trinajstić information content (AvgIpc) is 2.49. The molecular formula is C18H34O2. The number of rotatable bonds is 15. The van der Waals surface area contributed by atoms with E-state index in [1.165, 1.54) is 32.1 Å². The molecule has 0 amide bonds. The van der Waals surface area contributed by atoms with Gasteiger partial charge in [0, 0.05) is 6.42 Å². The molecule has 0 aliphatic heterocycles. The molecule has 2 nitrogen and oxygen atoms in total. The number of allylic oxidation sites excluding steroid dienone is 2. The van der Waals surface area contributed by atoms with Crippen molar-refractivity contribution >= 4 is 5.97 Å². The van der Waals surface area contributed by atoms with Gasteiger partial charge in [-0.1, -0.05) is 70.4 Å². The van der Waals surface area contributed by atoms with Gasteiger partial charge in [0.2, 0.25) is 0 Å². The maximum atomic E-state index is 10.4. The van der Waals surface area contributed by atoms with Gasteiger partial charge < -0.3 is 5.11 Å². The van der Waals surface area contributed by atoms with Crippen LogP contribution in [-0.4, -0.2) is 11.1 Å². The van der Waals surface area contributed by atoms with Crippen molar-refractivity contribution in [1.82, 2.24) is 0 Å². The Balaban J connectivity index is 3.53. The van der Waals surface area contributed by atoms with Crippen molar-refractivity contribution in [3.05, 3.63) is 12.1 Å². The summed E-state index contributed by atoms with van der Waals surface area (Å²) in [5.41, 5.74) is 0. The second-order valence-corrected chi connectivity index (χ2v) is 5.53. The molecule has 0 aliphatic carbocycles. The standard InChI is InChI=1S/C18H34O2/c1-2-3-4-5-6-7-8-9-10-11-12-13-14-15-16-17-18(19)20/h9-10H,2-8,11-17H2,1H3,(H,19,20)/b10-9+/i9D,10D. The van der Waals surface area contributed by atoms with Crippen LogP contribution in [-0.2, 0) is 4.79 Å². The molecule has 2 heteroatoms. The molecule has 1 N–H and O–H groups in total. The van der Waals surface area contributed by atoms with Gasteiger partial charge in [-0.3, -0.25) is 4.79 Å². The molecule has 0 aromatic rings. The zero-order chi connectivity index (χ0) is 16.6. The maximum absolute atomic E-state index is 10.4. The predicted octanol–water partition coefficient (Wildman–Crippen LogP) is 6.11. The third-order valence-corrected chi connectivity index (χ3v) is 3.47. The number of hydrogen-bond acceptors (Lipinski definition) is 1. The first kappa shape index (κ1) is 15.6. The summed E-state index contributed by atoms with van der Waals surface area (Å²) in [5.74, 6) is -0.718. The van der Waals surface area contributed by atoms with Crippen molar-refractivity contribution in [2.24, 2.45) is 0 Å². The second-order valence-electron chi connectivity index (χ2n) is 5.53. The van der Waals surface area contributed by atoms with Crippen LogP contribution in [0.5, 0.6) is 0 Å². The van der Waals surface area contributed by atoms with Crippen molar-refractivity contribution in [3.8, 4) is 0 Å². The number of aliphatic carboxylic acids is 1. The van der Waals surface area contributed by atoms with E-state index in [-0.39, 0.29) is 6.42 Å². The van der Waals surface area contributed by atoms with E-state index in [1.807, 2.05) is 0 Å². The summed E-state index contributed by atoms with van der Waals surface area (Å²) in [6, 6.07) is 1.01. The topological polar surface area (TPSA) is 37.3 Å². The number of carboxylic acid groups (broad SMARTS) is 1. The lowest BCUT2D eigenvalue weighted by atomic mass is 10.1. The Kier molecular flexibility index (Phi) is 12.7. The molecule has 0 atom stereocenters. The SMILES string of the molecule is [2H]/C(CCCCCCCC)=C(/[2H])CCCCCCCC(=O)O. The highest BCUT2D eigenvalue weighted by molar-refractivity contribution is 5.66. The molecule has 118 valence electrons. The largest absolute Gasteiger partial charge is 0.481 e. The predicted molar refractivity (Wildman–Crippen MR) is 87.1 cm³/mol. The number of carboxylic acids is 1. The van der Waals surface area contributed by atoms with Crippen LogP contribution in [0.1, 0.15) is 99.6 Å². The quantitative estimate of drug-likeness (QED) is 0.291.